The summed E-state index contributed by atoms with van der Waals surface area (Å²) in [7, 11) is -3.74. The number of nitriles is 2. The lowest BCUT2D eigenvalue weighted by atomic mass is 9.78. The number of nitrogens with zero attached hydrogens (tertiary/aromatic N) is 2. The quantitative estimate of drug-likeness (QED) is 0.923. The van der Waals surface area contributed by atoms with Crippen molar-refractivity contribution in [1.29, 1.82) is 10.5 Å². The fraction of sp³-hybridized carbons (Fsp3) is 0.500. The molecule has 1 aromatic rings. The number of hydrogen-bond acceptors (Lipinski definition) is 4. The van der Waals surface area contributed by atoms with Crippen molar-refractivity contribution >= 4 is 10.0 Å². The second kappa shape index (κ2) is 6.48. The van der Waals surface area contributed by atoms with Crippen LogP contribution in [0.15, 0.2) is 29.2 Å². The summed E-state index contributed by atoms with van der Waals surface area (Å²) in [5, 5.41) is 18.1. The third-order valence-electron chi connectivity index (χ3n) is 4.06. The highest BCUT2D eigenvalue weighted by Gasteiger charge is 2.39. The Kier molecular flexibility index (Phi) is 4.85. The second-order valence-corrected chi connectivity index (χ2v) is 7.66. The molecule has 1 aromatic carbocycles. The van der Waals surface area contributed by atoms with E-state index >= 15 is 0 Å². The van der Waals surface area contributed by atoms with Gasteiger partial charge >= 0.3 is 0 Å². The summed E-state index contributed by atoms with van der Waals surface area (Å²) >= 11 is 0. The molecule has 0 bridgehead atoms. The maximum atomic E-state index is 12.5. The second-order valence-electron chi connectivity index (χ2n) is 5.98. The van der Waals surface area contributed by atoms with Gasteiger partial charge < -0.3 is 0 Å². The highest BCUT2D eigenvalue weighted by molar-refractivity contribution is 7.89. The zero-order valence-electron chi connectivity index (χ0n) is 12.5. The van der Waals surface area contributed by atoms with Gasteiger partial charge in [0.1, 0.15) is 5.54 Å². The van der Waals surface area contributed by atoms with Crippen molar-refractivity contribution < 1.29 is 8.42 Å². The van der Waals surface area contributed by atoms with E-state index < -0.39 is 15.6 Å². The van der Waals surface area contributed by atoms with Crippen molar-refractivity contribution in [2.75, 3.05) is 0 Å². The van der Waals surface area contributed by atoms with Gasteiger partial charge in [-0.1, -0.05) is 31.9 Å². The van der Waals surface area contributed by atoms with Gasteiger partial charge in [-0.15, -0.1) is 0 Å². The molecule has 0 aromatic heterocycles. The third kappa shape index (κ3) is 3.65. The molecule has 116 valence electrons. The molecule has 1 fully saturated rings. The van der Waals surface area contributed by atoms with Crippen LogP contribution in [-0.2, 0) is 16.4 Å². The van der Waals surface area contributed by atoms with Crippen molar-refractivity contribution in [1.82, 2.24) is 4.72 Å². The predicted molar refractivity (Wildman–Crippen MR) is 82.1 cm³/mol. The lowest BCUT2D eigenvalue weighted by Gasteiger charge is -2.34. The Labute approximate surface area is 131 Å². The van der Waals surface area contributed by atoms with E-state index in [0.29, 0.717) is 18.8 Å². The zero-order valence-corrected chi connectivity index (χ0v) is 13.4. The summed E-state index contributed by atoms with van der Waals surface area (Å²) in [5.41, 5.74) is -0.246. The lowest BCUT2D eigenvalue weighted by Crippen LogP contribution is -2.49. The number of sulfonamides is 1. The molecule has 6 heteroatoms. The summed E-state index contributed by atoms with van der Waals surface area (Å²) in [6.45, 7) is 2.04. The monoisotopic (exact) mass is 317 g/mol. The molecule has 0 amide bonds. The molecule has 22 heavy (non-hydrogen) atoms. The Balaban J connectivity index is 2.23. The maximum absolute atomic E-state index is 12.5. The van der Waals surface area contributed by atoms with Crippen LogP contribution in [0.4, 0.5) is 0 Å². The summed E-state index contributed by atoms with van der Waals surface area (Å²) in [6, 6.07) is 10.4. The molecule has 1 saturated carbocycles. The van der Waals surface area contributed by atoms with E-state index in [1.807, 2.05) is 13.0 Å². The molecule has 2 atom stereocenters. The minimum atomic E-state index is -3.74. The van der Waals surface area contributed by atoms with E-state index in [-0.39, 0.29) is 11.3 Å². The van der Waals surface area contributed by atoms with Crippen molar-refractivity contribution in [3.05, 3.63) is 29.8 Å². The molecule has 1 aliphatic carbocycles. The van der Waals surface area contributed by atoms with Crippen LogP contribution in [0.2, 0.25) is 0 Å². The first-order valence-corrected chi connectivity index (χ1v) is 8.80. The SMILES string of the molecule is C[C@H]1CCC[C@](C#N)(NS(=O)(=O)c2ccc(CC#N)cc2)C1. The third-order valence-corrected chi connectivity index (χ3v) is 5.61. The fourth-order valence-electron chi connectivity index (χ4n) is 2.96. The normalized spacial score (nSPS) is 25.1. The number of rotatable bonds is 4. The van der Waals surface area contributed by atoms with Gasteiger partial charge in [-0.05, 0) is 36.5 Å². The van der Waals surface area contributed by atoms with Gasteiger partial charge in [-0.25, -0.2) is 8.42 Å². The topological polar surface area (TPSA) is 93.8 Å². The van der Waals surface area contributed by atoms with Crippen LogP contribution >= 0.6 is 0 Å². The van der Waals surface area contributed by atoms with Crippen molar-refractivity contribution in [3.8, 4) is 12.1 Å². The predicted octanol–water partition coefficient (Wildman–Crippen LogP) is 2.50. The van der Waals surface area contributed by atoms with Gasteiger partial charge in [0.15, 0.2) is 0 Å². The van der Waals surface area contributed by atoms with Crippen LogP contribution in [-0.4, -0.2) is 14.0 Å². The smallest absolute Gasteiger partial charge is 0.207 e. The molecule has 0 spiro atoms. The van der Waals surface area contributed by atoms with Crippen molar-refractivity contribution in [3.63, 3.8) is 0 Å². The molecule has 1 aliphatic rings. The summed E-state index contributed by atoms with van der Waals surface area (Å²) in [6.07, 6.45) is 3.19. The Morgan fingerprint density at radius 1 is 1.32 bits per heavy atom. The average molecular weight is 317 g/mol. The van der Waals surface area contributed by atoms with Gasteiger partial charge in [0, 0.05) is 0 Å². The largest absolute Gasteiger partial charge is 0.241 e. The first kappa shape index (κ1) is 16.5. The average Bonchev–Trinajstić information content (AvgIpc) is 2.48. The van der Waals surface area contributed by atoms with E-state index in [1.165, 1.54) is 12.1 Å². The van der Waals surface area contributed by atoms with Crippen LogP contribution in [0, 0.1) is 28.6 Å². The van der Waals surface area contributed by atoms with Gasteiger partial charge in [-0.3, -0.25) is 0 Å². The number of benzene rings is 1. The van der Waals surface area contributed by atoms with E-state index in [4.69, 9.17) is 5.26 Å². The van der Waals surface area contributed by atoms with Crippen molar-refractivity contribution in [2.45, 2.75) is 49.5 Å². The molecule has 1 N–H and O–H groups in total. The van der Waals surface area contributed by atoms with Gasteiger partial charge in [0.2, 0.25) is 10.0 Å². The molecule has 0 radical (unpaired) electrons. The molecule has 2 rings (SSSR count). The Hall–Kier alpha value is -1.89. The number of nitrogens with one attached hydrogen (secondary N) is 1. The van der Waals surface area contributed by atoms with Crippen LogP contribution in [0.5, 0.6) is 0 Å². The highest BCUT2D eigenvalue weighted by Crippen LogP contribution is 2.33. The standard InChI is InChI=1S/C16H19N3O2S/c1-13-3-2-9-16(11-13,12-18)19-22(20,21)15-6-4-14(5-7-15)8-10-17/h4-7,13,19H,2-3,8-9,11H2,1H3/t13-,16-/m0/s1. The lowest BCUT2D eigenvalue weighted by molar-refractivity contribution is 0.270. The first-order chi connectivity index (χ1) is 10.4. The summed E-state index contributed by atoms with van der Waals surface area (Å²) < 4.78 is 27.6. The van der Waals surface area contributed by atoms with Gasteiger partial charge in [0.05, 0.1) is 23.5 Å². The first-order valence-electron chi connectivity index (χ1n) is 7.32. The van der Waals surface area contributed by atoms with Gasteiger partial charge in [0.25, 0.3) is 0 Å². The maximum Gasteiger partial charge on any atom is 0.241 e. The zero-order chi connectivity index (χ0) is 16.2. The van der Waals surface area contributed by atoms with Crippen molar-refractivity contribution in [2.24, 2.45) is 5.92 Å². The fourth-order valence-corrected chi connectivity index (χ4v) is 4.32. The molecule has 5 nitrogen and oxygen atoms in total. The summed E-state index contributed by atoms with van der Waals surface area (Å²) in [4.78, 5) is 0.127. The van der Waals surface area contributed by atoms with Crippen LogP contribution in [0.3, 0.4) is 0 Å². The Bertz CT molecular complexity index is 713. The minimum Gasteiger partial charge on any atom is -0.207 e. The Morgan fingerprint density at radius 2 is 2.00 bits per heavy atom. The summed E-state index contributed by atoms with van der Waals surface area (Å²) in [5.74, 6) is 0.328. The van der Waals surface area contributed by atoms with E-state index in [0.717, 1.165) is 18.4 Å². The molecular weight excluding hydrogens is 298 g/mol. The molecular formula is C16H19N3O2S. The molecule has 0 unspecified atom stereocenters. The Morgan fingerprint density at radius 3 is 2.55 bits per heavy atom. The molecule has 0 heterocycles. The molecule has 0 saturated heterocycles. The molecule has 0 aliphatic heterocycles. The van der Waals surface area contributed by atoms with Gasteiger partial charge in [-0.2, -0.15) is 15.2 Å². The highest BCUT2D eigenvalue weighted by atomic mass is 32.2. The minimum absolute atomic E-state index is 0.127. The van der Waals surface area contributed by atoms with E-state index in [1.54, 1.807) is 12.1 Å². The van der Waals surface area contributed by atoms with E-state index in [9.17, 15) is 13.7 Å². The van der Waals surface area contributed by atoms with Crippen LogP contribution in [0.25, 0.3) is 0 Å². The van der Waals surface area contributed by atoms with E-state index in [2.05, 4.69) is 10.8 Å². The van der Waals surface area contributed by atoms with Crippen LogP contribution < -0.4 is 4.72 Å². The van der Waals surface area contributed by atoms with Crippen LogP contribution in [0.1, 0.15) is 38.2 Å². The number of hydrogen-bond donors (Lipinski definition) is 1.